The maximum Gasteiger partial charge on any atom is 0.222 e. The molecule has 2 atom stereocenters. The smallest absolute Gasteiger partial charge is 0.222 e. The highest BCUT2D eigenvalue weighted by molar-refractivity contribution is 5.80. The number of rotatable bonds is 10. The van der Waals surface area contributed by atoms with Crippen LogP contribution in [0.3, 0.4) is 0 Å². The van der Waals surface area contributed by atoms with Gasteiger partial charge in [0.1, 0.15) is 5.82 Å². The number of nitrogens with two attached hydrogens (primary N) is 1. The highest BCUT2D eigenvalue weighted by Crippen LogP contribution is 2.24. The molecule has 0 radical (unpaired) electrons. The molecule has 162 valence electrons. The van der Waals surface area contributed by atoms with Gasteiger partial charge in [0.05, 0.1) is 5.92 Å². The number of pyridine rings is 1. The minimum Gasteiger partial charge on any atom is -0.369 e. The Kier molecular flexibility index (Phi) is 9.74. The van der Waals surface area contributed by atoms with Crippen LogP contribution in [0, 0.1) is 11.8 Å². The molecule has 7 nitrogen and oxygen atoms in total. The van der Waals surface area contributed by atoms with Gasteiger partial charge in [0.15, 0.2) is 5.96 Å². The monoisotopic (exact) mass is 402 g/mol. The third-order valence-electron chi connectivity index (χ3n) is 5.76. The van der Waals surface area contributed by atoms with Gasteiger partial charge in [0.25, 0.3) is 0 Å². The van der Waals surface area contributed by atoms with Crippen molar-refractivity contribution in [1.29, 1.82) is 0 Å². The molecule has 0 saturated carbocycles. The molecule has 1 aromatic heterocycles. The van der Waals surface area contributed by atoms with Gasteiger partial charge in [-0.05, 0) is 31.2 Å². The Morgan fingerprint density at radius 1 is 1.41 bits per heavy atom. The Morgan fingerprint density at radius 2 is 2.24 bits per heavy atom. The van der Waals surface area contributed by atoms with Gasteiger partial charge in [-0.3, -0.25) is 9.79 Å². The second-order valence-electron chi connectivity index (χ2n) is 7.90. The number of carbonyl (C=O) groups excluding carboxylic acids is 1. The van der Waals surface area contributed by atoms with E-state index in [2.05, 4.69) is 45.4 Å². The molecular weight excluding hydrogens is 364 g/mol. The Balaban J connectivity index is 1.95. The molecule has 1 saturated heterocycles. The number of unbranched alkanes of at least 4 members (excludes halogenated alkanes) is 1. The van der Waals surface area contributed by atoms with Crippen molar-refractivity contribution in [2.45, 2.75) is 58.9 Å². The lowest BCUT2D eigenvalue weighted by Crippen LogP contribution is -2.42. The first-order valence-electron chi connectivity index (χ1n) is 11.0. The zero-order valence-corrected chi connectivity index (χ0v) is 18.3. The number of aliphatic imine (C=N–C) groups is 1. The van der Waals surface area contributed by atoms with Crippen molar-refractivity contribution < 1.29 is 4.79 Å². The van der Waals surface area contributed by atoms with Crippen LogP contribution in [0.1, 0.15) is 57.9 Å². The maximum absolute atomic E-state index is 11.6. The highest BCUT2D eigenvalue weighted by Gasteiger charge is 2.26. The minimum absolute atomic E-state index is 0.102. The summed E-state index contributed by atoms with van der Waals surface area (Å²) in [6.45, 7) is 7.59. The van der Waals surface area contributed by atoms with Gasteiger partial charge in [0, 0.05) is 45.0 Å². The van der Waals surface area contributed by atoms with Gasteiger partial charge < -0.3 is 21.3 Å². The van der Waals surface area contributed by atoms with Gasteiger partial charge in [-0.1, -0.05) is 39.2 Å². The second kappa shape index (κ2) is 12.3. The van der Waals surface area contributed by atoms with Gasteiger partial charge in [-0.15, -0.1) is 0 Å². The molecular formula is C22H38N6O. The van der Waals surface area contributed by atoms with Crippen LogP contribution in [0.2, 0.25) is 0 Å². The number of hydrogen-bond acceptors (Lipinski definition) is 4. The summed E-state index contributed by atoms with van der Waals surface area (Å²) in [5, 5.41) is 6.88. The second-order valence-corrected chi connectivity index (χ2v) is 7.90. The number of nitrogens with zero attached hydrogens (tertiary/aromatic N) is 3. The van der Waals surface area contributed by atoms with Crippen molar-refractivity contribution in [1.82, 2.24) is 15.6 Å². The lowest BCUT2D eigenvalue weighted by Gasteiger charge is -2.33. The van der Waals surface area contributed by atoms with Crippen LogP contribution in [-0.4, -0.2) is 43.5 Å². The number of nitrogens with one attached hydrogen (secondary N) is 2. The first kappa shape index (κ1) is 23.0. The fourth-order valence-electron chi connectivity index (χ4n) is 3.84. The quantitative estimate of drug-likeness (QED) is 0.413. The topological polar surface area (TPSA) is 95.6 Å². The van der Waals surface area contributed by atoms with E-state index in [9.17, 15) is 4.79 Å². The lowest BCUT2D eigenvalue weighted by molar-refractivity contribution is -0.122. The first-order valence-corrected chi connectivity index (χ1v) is 11.0. The van der Waals surface area contributed by atoms with E-state index in [4.69, 9.17) is 5.73 Å². The van der Waals surface area contributed by atoms with E-state index in [1.54, 1.807) is 13.2 Å². The molecule has 0 aliphatic carbocycles. The predicted octanol–water partition coefficient (Wildman–Crippen LogP) is 2.66. The maximum atomic E-state index is 11.6. The van der Waals surface area contributed by atoms with Crippen LogP contribution >= 0.6 is 0 Å². The summed E-state index contributed by atoms with van der Waals surface area (Å²) in [6, 6.07) is 4.02. The third-order valence-corrected chi connectivity index (χ3v) is 5.76. The number of aromatic nitrogens is 1. The van der Waals surface area contributed by atoms with E-state index >= 15 is 0 Å². The molecule has 4 N–H and O–H groups in total. The van der Waals surface area contributed by atoms with Crippen molar-refractivity contribution in [2.24, 2.45) is 22.6 Å². The fraction of sp³-hybridized carbons (Fsp3) is 0.682. The first-order chi connectivity index (χ1) is 14.1. The van der Waals surface area contributed by atoms with E-state index in [-0.39, 0.29) is 11.8 Å². The summed E-state index contributed by atoms with van der Waals surface area (Å²) in [7, 11) is 1.80. The van der Waals surface area contributed by atoms with E-state index in [0.717, 1.165) is 43.3 Å². The van der Waals surface area contributed by atoms with E-state index in [0.29, 0.717) is 19.0 Å². The summed E-state index contributed by atoms with van der Waals surface area (Å²) in [4.78, 5) is 22.8. The Morgan fingerprint density at radius 3 is 2.93 bits per heavy atom. The third kappa shape index (κ3) is 7.22. The van der Waals surface area contributed by atoms with Gasteiger partial charge in [-0.2, -0.15) is 0 Å². The molecule has 0 spiro atoms. The number of amides is 1. The lowest BCUT2D eigenvalue weighted by atomic mass is 9.97. The van der Waals surface area contributed by atoms with Crippen molar-refractivity contribution >= 4 is 17.7 Å². The number of hydrogen-bond donors (Lipinski definition) is 3. The SMILES string of the molecule is CCCCC(CC)CNC(=NC)NCc1cccnc1N1CCCC(C(N)=O)C1. The molecule has 7 heteroatoms. The number of primary amides is 1. The average molecular weight is 403 g/mol. The van der Waals surface area contributed by atoms with Crippen LogP contribution in [0.25, 0.3) is 0 Å². The molecule has 2 rings (SSSR count). The van der Waals surface area contributed by atoms with Crippen LogP contribution in [0.15, 0.2) is 23.3 Å². The van der Waals surface area contributed by atoms with Crippen LogP contribution in [0.4, 0.5) is 5.82 Å². The normalized spacial score (nSPS) is 18.4. The highest BCUT2D eigenvalue weighted by atomic mass is 16.1. The zero-order valence-electron chi connectivity index (χ0n) is 18.3. The van der Waals surface area contributed by atoms with Gasteiger partial charge in [-0.25, -0.2) is 4.98 Å². The van der Waals surface area contributed by atoms with Gasteiger partial charge >= 0.3 is 0 Å². The molecule has 1 amide bonds. The van der Waals surface area contributed by atoms with E-state index < -0.39 is 0 Å². The number of piperidine rings is 1. The van der Waals surface area contributed by atoms with E-state index in [1.165, 1.54) is 25.7 Å². The zero-order chi connectivity index (χ0) is 21.1. The minimum atomic E-state index is -0.219. The fourth-order valence-corrected chi connectivity index (χ4v) is 3.84. The molecule has 0 bridgehead atoms. The van der Waals surface area contributed by atoms with Crippen molar-refractivity contribution in [3.8, 4) is 0 Å². The summed E-state index contributed by atoms with van der Waals surface area (Å²) < 4.78 is 0. The molecule has 1 aliphatic rings. The van der Waals surface area contributed by atoms with E-state index in [1.807, 2.05) is 6.07 Å². The number of carbonyl (C=O) groups is 1. The van der Waals surface area contributed by atoms with Crippen LogP contribution in [-0.2, 0) is 11.3 Å². The standard InChI is InChI=1S/C22H38N6O/c1-4-6-9-17(5-2)14-26-22(24-3)27-15-18-10-7-12-25-21(18)28-13-8-11-19(16-28)20(23)29/h7,10,12,17,19H,4-6,8-9,11,13-16H2,1-3H3,(H2,23,29)(H2,24,26,27). The van der Waals surface area contributed by atoms with Crippen LogP contribution < -0.4 is 21.3 Å². The summed E-state index contributed by atoms with van der Waals surface area (Å²) in [5.41, 5.74) is 6.63. The number of guanidine groups is 1. The number of anilines is 1. The molecule has 29 heavy (non-hydrogen) atoms. The summed E-state index contributed by atoms with van der Waals surface area (Å²) >= 11 is 0. The summed E-state index contributed by atoms with van der Waals surface area (Å²) in [5.74, 6) is 2.08. The molecule has 0 aromatic carbocycles. The average Bonchev–Trinajstić information content (AvgIpc) is 2.76. The predicted molar refractivity (Wildman–Crippen MR) is 120 cm³/mol. The van der Waals surface area contributed by atoms with Crippen molar-refractivity contribution in [3.05, 3.63) is 23.9 Å². The Labute approximate surface area is 175 Å². The molecule has 1 aromatic rings. The van der Waals surface area contributed by atoms with Gasteiger partial charge in [0.2, 0.25) is 5.91 Å². The molecule has 1 fully saturated rings. The van der Waals surface area contributed by atoms with Crippen molar-refractivity contribution in [3.63, 3.8) is 0 Å². The van der Waals surface area contributed by atoms with Crippen LogP contribution in [0.5, 0.6) is 0 Å². The largest absolute Gasteiger partial charge is 0.369 e. The molecule has 1 aliphatic heterocycles. The molecule has 2 heterocycles. The Hall–Kier alpha value is -2.31. The molecule has 2 unspecified atom stereocenters. The summed E-state index contributed by atoms with van der Waals surface area (Å²) in [6.07, 6.45) is 8.55. The van der Waals surface area contributed by atoms with Crippen molar-refractivity contribution in [2.75, 3.05) is 31.6 Å². The Bertz CT molecular complexity index is 662.